The van der Waals surface area contributed by atoms with Crippen molar-refractivity contribution in [3.8, 4) is 11.3 Å². The quantitative estimate of drug-likeness (QED) is 0.940. The summed E-state index contributed by atoms with van der Waals surface area (Å²) < 4.78 is 16.4. The number of hydrogen-bond acceptors (Lipinski definition) is 2. The molecule has 1 N–H and O–H groups in total. The number of nitrogens with zero attached hydrogens (tertiary/aromatic N) is 2. The van der Waals surface area contributed by atoms with E-state index in [9.17, 15) is 4.39 Å². The first kappa shape index (κ1) is 13.2. The van der Waals surface area contributed by atoms with E-state index in [4.69, 9.17) is 0 Å². The Bertz CT molecular complexity index is 551. The third kappa shape index (κ3) is 2.79. The van der Waals surface area contributed by atoms with Crippen LogP contribution in [0.15, 0.2) is 28.9 Å². The van der Waals surface area contributed by atoms with Crippen molar-refractivity contribution < 1.29 is 4.39 Å². The first-order valence-corrected chi connectivity index (χ1v) is 6.59. The molecule has 0 saturated heterocycles. The van der Waals surface area contributed by atoms with Gasteiger partial charge in [0.2, 0.25) is 0 Å². The van der Waals surface area contributed by atoms with E-state index in [2.05, 4.69) is 26.3 Å². The molecule has 0 saturated carbocycles. The zero-order chi connectivity index (χ0) is 13.1. The van der Waals surface area contributed by atoms with Gasteiger partial charge in [-0.05, 0) is 24.7 Å². The van der Waals surface area contributed by atoms with Crippen molar-refractivity contribution in [1.82, 2.24) is 15.1 Å². The average Bonchev–Trinajstić information content (AvgIpc) is 2.67. The summed E-state index contributed by atoms with van der Waals surface area (Å²) in [5.74, 6) is -0.263. The number of benzene rings is 1. The van der Waals surface area contributed by atoms with E-state index in [1.54, 1.807) is 10.7 Å². The Labute approximate surface area is 114 Å². The van der Waals surface area contributed by atoms with Gasteiger partial charge in [0.25, 0.3) is 0 Å². The molecule has 0 atom stereocenters. The van der Waals surface area contributed by atoms with E-state index < -0.39 is 0 Å². The molecule has 96 valence electrons. The van der Waals surface area contributed by atoms with Crippen molar-refractivity contribution in [3.05, 3.63) is 40.2 Å². The van der Waals surface area contributed by atoms with Crippen LogP contribution in [-0.2, 0) is 13.6 Å². The Morgan fingerprint density at radius 2 is 2.22 bits per heavy atom. The van der Waals surface area contributed by atoms with Crippen LogP contribution in [0.5, 0.6) is 0 Å². The summed E-state index contributed by atoms with van der Waals surface area (Å²) in [6, 6.07) is 5.03. The minimum atomic E-state index is -0.263. The van der Waals surface area contributed by atoms with Crippen molar-refractivity contribution in [2.75, 3.05) is 6.54 Å². The lowest BCUT2D eigenvalue weighted by Crippen LogP contribution is -2.11. The lowest BCUT2D eigenvalue weighted by Gasteiger charge is -2.04. The predicted octanol–water partition coefficient (Wildman–Crippen LogP) is 3.10. The maximum Gasteiger partial charge on any atom is 0.133 e. The molecule has 0 aliphatic carbocycles. The fraction of sp³-hybridized carbons (Fsp3) is 0.308. The molecule has 0 amide bonds. The first-order valence-electron chi connectivity index (χ1n) is 5.80. The highest BCUT2D eigenvalue weighted by atomic mass is 79.9. The van der Waals surface area contributed by atoms with Crippen LogP contribution in [0.1, 0.15) is 12.5 Å². The van der Waals surface area contributed by atoms with Crippen LogP contribution in [0.3, 0.4) is 0 Å². The highest BCUT2D eigenvalue weighted by molar-refractivity contribution is 9.10. The lowest BCUT2D eigenvalue weighted by molar-refractivity contribution is 0.628. The number of nitrogens with one attached hydrogen (secondary N) is 1. The van der Waals surface area contributed by atoms with Crippen molar-refractivity contribution in [2.45, 2.75) is 13.5 Å². The van der Waals surface area contributed by atoms with Crippen LogP contribution in [0.25, 0.3) is 11.3 Å². The zero-order valence-corrected chi connectivity index (χ0v) is 12.0. The summed E-state index contributed by atoms with van der Waals surface area (Å²) in [4.78, 5) is 0. The van der Waals surface area contributed by atoms with Gasteiger partial charge < -0.3 is 5.32 Å². The molecule has 3 nitrogen and oxygen atoms in total. The first-order chi connectivity index (χ1) is 8.61. The third-order valence-electron chi connectivity index (χ3n) is 2.66. The Kier molecular flexibility index (Phi) is 4.14. The maximum atomic E-state index is 13.9. The van der Waals surface area contributed by atoms with Crippen LogP contribution in [0.2, 0.25) is 0 Å². The summed E-state index contributed by atoms with van der Waals surface area (Å²) in [6.45, 7) is 3.60. The van der Waals surface area contributed by atoms with E-state index in [0.717, 1.165) is 16.6 Å². The van der Waals surface area contributed by atoms with Crippen molar-refractivity contribution in [1.29, 1.82) is 0 Å². The summed E-state index contributed by atoms with van der Waals surface area (Å²) in [6.07, 6.45) is 1.92. The monoisotopic (exact) mass is 311 g/mol. The van der Waals surface area contributed by atoms with Gasteiger partial charge in [-0.1, -0.05) is 22.9 Å². The zero-order valence-electron chi connectivity index (χ0n) is 10.4. The van der Waals surface area contributed by atoms with Crippen LogP contribution in [0, 0.1) is 5.82 Å². The third-order valence-corrected chi connectivity index (χ3v) is 3.15. The van der Waals surface area contributed by atoms with Gasteiger partial charge in [0.15, 0.2) is 0 Å². The molecule has 0 fully saturated rings. The van der Waals surface area contributed by atoms with E-state index in [0.29, 0.717) is 17.8 Å². The Balaban J connectivity index is 2.42. The highest BCUT2D eigenvalue weighted by Crippen LogP contribution is 2.27. The highest BCUT2D eigenvalue weighted by Gasteiger charge is 2.13. The number of aromatic nitrogens is 2. The molecule has 0 spiro atoms. The van der Waals surface area contributed by atoms with Gasteiger partial charge in [0.1, 0.15) is 5.82 Å². The van der Waals surface area contributed by atoms with Gasteiger partial charge in [-0.15, -0.1) is 0 Å². The normalized spacial score (nSPS) is 10.9. The second-order valence-electron chi connectivity index (χ2n) is 4.08. The Hall–Kier alpha value is -1.20. The molecule has 2 aromatic rings. The molecule has 0 aliphatic rings. The molecule has 0 bridgehead atoms. The Morgan fingerprint density at radius 3 is 2.89 bits per heavy atom. The topological polar surface area (TPSA) is 29.9 Å². The van der Waals surface area contributed by atoms with E-state index in [1.807, 2.05) is 26.2 Å². The van der Waals surface area contributed by atoms with E-state index in [-0.39, 0.29) is 5.82 Å². The second kappa shape index (κ2) is 5.63. The number of halogens is 2. The minimum absolute atomic E-state index is 0.263. The van der Waals surface area contributed by atoms with Crippen LogP contribution < -0.4 is 5.32 Å². The number of aryl methyl sites for hydroxylation is 1. The second-order valence-corrected chi connectivity index (χ2v) is 5.00. The number of hydrogen-bond donors (Lipinski definition) is 1. The molecule has 2 rings (SSSR count). The molecule has 18 heavy (non-hydrogen) atoms. The summed E-state index contributed by atoms with van der Waals surface area (Å²) in [7, 11) is 1.84. The fourth-order valence-corrected chi connectivity index (χ4v) is 2.17. The fourth-order valence-electron chi connectivity index (χ4n) is 1.83. The average molecular weight is 312 g/mol. The van der Waals surface area contributed by atoms with Crippen molar-refractivity contribution >= 4 is 15.9 Å². The molecule has 5 heteroatoms. The minimum Gasteiger partial charge on any atom is -0.313 e. The largest absolute Gasteiger partial charge is 0.313 e. The predicted molar refractivity (Wildman–Crippen MR) is 73.7 cm³/mol. The van der Waals surface area contributed by atoms with Gasteiger partial charge in [-0.25, -0.2) is 4.39 Å². The van der Waals surface area contributed by atoms with Gasteiger partial charge in [-0.2, -0.15) is 5.10 Å². The molecule has 0 aliphatic heterocycles. The Morgan fingerprint density at radius 1 is 1.44 bits per heavy atom. The maximum absolute atomic E-state index is 13.9. The van der Waals surface area contributed by atoms with Crippen LogP contribution >= 0.6 is 15.9 Å². The molecular weight excluding hydrogens is 297 g/mol. The van der Waals surface area contributed by atoms with Gasteiger partial charge >= 0.3 is 0 Å². The summed E-state index contributed by atoms with van der Waals surface area (Å²) in [5.41, 5.74) is 2.23. The molecule has 1 aromatic heterocycles. The summed E-state index contributed by atoms with van der Waals surface area (Å²) >= 11 is 3.26. The van der Waals surface area contributed by atoms with Crippen LogP contribution in [0.4, 0.5) is 4.39 Å². The van der Waals surface area contributed by atoms with E-state index >= 15 is 0 Å². The molecule has 0 unspecified atom stereocenters. The molecule has 1 heterocycles. The lowest BCUT2D eigenvalue weighted by atomic mass is 10.1. The number of rotatable bonds is 4. The van der Waals surface area contributed by atoms with Gasteiger partial charge in [0, 0.05) is 35.4 Å². The molecule has 1 aromatic carbocycles. The molecule has 0 radical (unpaired) electrons. The van der Waals surface area contributed by atoms with Crippen LogP contribution in [-0.4, -0.2) is 16.3 Å². The van der Waals surface area contributed by atoms with Crippen molar-refractivity contribution in [2.24, 2.45) is 7.05 Å². The molecular formula is C13H15BrFN3. The smallest absolute Gasteiger partial charge is 0.133 e. The van der Waals surface area contributed by atoms with Gasteiger partial charge in [0.05, 0.1) is 5.69 Å². The van der Waals surface area contributed by atoms with Crippen molar-refractivity contribution in [3.63, 3.8) is 0 Å². The standard InChI is InChI=1S/C13H15BrFN3/c1-3-16-7-9-8-18(2)17-13(9)11-5-4-10(14)6-12(11)15/h4-6,8,16H,3,7H2,1-2H3. The SMILES string of the molecule is CCNCc1cn(C)nc1-c1ccc(Br)cc1F. The summed E-state index contributed by atoms with van der Waals surface area (Å²) in [5, 5.41) is 7.58. The van der Waals surface area contributed by atoms with Gasteiger partial charge in [-0.3, -0.25) is 4.68 Å². The van der Waals surface area contributed by atoms with E-state index in [1.165, 1.54) is 6.07 Å².